The third-order valence-corrected chi connectivity index (χ3v) is 7.73. The predicted octanol–water partition coefficient (Wildman–Crippen LogP) is 10.6. The highest BCUT2D eigenvalue weighted by Gasteiger charge is 2.81. The van der Waals surface area contributed by atoms with E-state index in [0.29, 0.717) is 29.4 Å². The molecule has 13 heteroatoms. The normalized spacial score (nSPS) is 13.4. The van der Waals surface area contributed by atoms with Crippen molar-refractivity contribution in [2.45, 2.75) is 121 Å². The number of aryl methyl sites for hydroxylation is 1. The van der Waals surface area contributed by atoms with Crippen LogP contribution in [0.25, 0.3) is 0 Å². The van der Waals surface area contributed by atoms with Crippen molar-refractivity contribution in [3.05, 3.63) is 52.0 Å². The minimum absolute atomic E-state index is 0.0360. The maximum atomic E-state index is 13.6. The number of hydrogen-bond donors (Lipinski definition) is 0. The zero-order chi connectivity index (χ0) is 31.1. The number of nitrogens with zero attached hydrogens (tertiary/aromatic N) is 2. The fourth-order valence-corrected chi connectivity index (χ4v) is 5.27. The summed E-state index contributed by atoms with van der Waals surface area (Å²) in [5.41, 5.74) is 0.857. The Balaban J connectivity index is 1.68. The highest BCUT2D eigenvalue weighted by molar-refractivity contribution is 6.35. The SMILES string of the molecule is CC(C)c1n(CCCCCCCCCCCC(F)(F)C(F)(F)C(F)(F)C(F)(F)F)cc[n+]1Cc1c(Cl)cccc1Cl. The van der Waals surface area contributed by atoms with Gasteiger partial charge in [-0.2, -0.15) is 39.5 Å². The first-order chi connectivity index (χ1) is 18.9. The van der Waals surface area contributed by atoms with Crippen LogP contribution in [-0.2, 0) is 13.1 Å². The van der Waals surface area contributed by atoms with E-state index in [-0.39, 0.29) is 12.3 Å². The highest BCUT2D eigenvalue weighted by Crippen LogP contribution is 2.54. The van der Waals surface area contributed by atoms with Crippen LogP contribution in [0.3, 0.4) is 0 Å². The van der Waals surface area contributed by atoms with Gasteiger partial charge in [-0.25, -0.2) is 9.13 Å². The minimum atomic E-state index is -6.81. The number of aromatic nitrogens is 2. The molecule has 0 aliphatic rings. The van der Waals surface area contributed by atoms with Gasteiger partial charge < -0.3 is 0 Å². The first-order valence-electron chi connectivity index (χ1n) is 13.7. The maximum absolute atomic E-state index is 13.6. The molecule has 234 valence electrons. The van der Waals surface area contributed by atoms with Crippen molar-refractivity contribution in [2.24, 2.45) is 0 Å². The number of imidazole rings is 1. The molecule has 1 aromatic heterocycles. The molecule has 0 aliphatic heterocycles. The van der Waals surface area contributed by atoms with Crippen LogP contribution in [0.1, 0.15) is 95.4 Å². The smallest absolute Gasteiger partial charge is 0.234 e. The molecule has 0 fully saturated rings. The lowest BCUT2D eigenvalue weighted by Crippen LogP contribution is -2.60. The Morgan fingerprint density at radius 3 is 1.71 bits per heavy atom. The summed E-state index contributed by atoms with van der Waals surface area (Å²) < 4.78 is 120. The van der Waals surface area contributed by atoms with E-state index < -0.39 is 36.8 Å². The second-order valence-electron chi connectivity index (χ2n) is 10.6. The van der Waals surface area contributed by atoms with Crippen LogP contribution in [0.15, 0.2) is 30.6 Å². The fraction of sp³-hybridized carbons (Fsp3) is 0.679. The van der Waals surface area contributed by atoms with Crippen LogP contribution in [0.4, 0.5) is 39.5 Å². The summed E-state index contributed by atoms with van der Waals surface area (Å²) in [5, 5.41) is 1.22. The molecule has 1 heterocycles. The van der Waals surface area contributed by atoms with Gasteiger partial charge in [0.15, 0.2) is 0 Å². The van der Waals surface area contributed by atoms with Crippen molar-refractivity contribution in [2.75, 3.05) is 0 Å². The fourth-order valence-electron chi connectivity index (χ4n) is 4.75. The lowest BCUT2D eigenvalue weighted by Gasteiger charge is -2.33. The van der Waals surface area contributed by atoms with Crippen molar-refractivity contribution in [1.82, 2.24) is 4.57 Å². The van der Waals surface area contributed by atoms with E-state index in [1.165, 1.54) is 0 Å². The van der Waals surface area contributed by atoms with E-state index in [4.69, 9.17) is 23.2 Å². The Morgan fingerprint density at radius 1 is 0.732 bits per heavy atom. The van der Waals surface area contributed by atoms with Crippen LogP contribution in [0.2, 0.25) is 10.0 Å². The summed E-state index contributed by atoms with van der Waals surface area (Å²) in [6, 6.07) is 5.42. The molecule has 41 heavy (non-hydrogen) atoms. The Bertz CT molecular complexity index is 1080. The monoisotopic (exact) mass is 641 g/mol. The molecule has 0 aliphatic carbocycles. The van der Waals surface area contributed by atoms with E-state index in [1.807, 2.05) is 24.5 Å². The van der Waals surface area contributed by atoms with Gasteiger partial charge in [-0.15, -0.1) is 0 Å². The Morgan fingerprint density at radius 2 is 1.22 bits per heavy atom. The zero-order valence-corrected chi connectivity index (χ0v) is 24.5. The first kappa shape index (κ1) is 35.6. The number of hydrogen-bond acceptors (Lipinski definition) is 0. The summed E-state index contributed by atoms with van der Waals surface area (Å²) in [4.78, 5) is 0. The summed E-state index contributed by atoms with van der Waals surface area (Å²) in [6.45, 7) is 5.60. The molecule has 0 radical (unpaired) electrons. The standard InChI is InChI=1S/C28H36Cl2F9N2/c1-20(2)24-40(17-18-41(24)19-21-22(29)13-12-14-23(21)30)16-11-9-7-5-3-4-6-8-10-15-25(31,32)26(33,34)27(35,36)28(37,38)39/h12-14,17-18,20H,3-11,15-16,19H2,1-2H3/q+1. The molecule has 0 unspecified atom stereocenters. The minimum Gasteiger partial charge on any atom is -0.234 e. The average molecular weight is 642 g/mol. The van der Waals surface area contributed by atoms with Crippen LogP contribution < -0.4 is 4.57 Å². The molecule has 2 aromatic rings. The molecule has 1 aromatic carbocycles. The van der Waals surface area contributed by atoms with Gasteiger partial charge in [0.25, 0.3) is 5.82 Å². The number of halogens is 11. The molecular weight excluding hydrogens is 606 g/mol. The van der Waals surface area contributed by atoms with E-state index in [2.05, 4.69) is 23.0 Å². The molecular formula is C28H36Cl2F9N2+. The molecule has 0 atom stereocenters. The van der Waals surface area contributed by atoms with Crippen LogP contribution >= 0.6 is 23.2 Å². The van der Waals surface area contributed by atoms with E-state index in [9.17, 15) is 39.5 Å². The van der Waals surface area contributed by atoms with Gasteiger partial charge in [-0.05, 0) is 31.4 Å². The average Bonchev–Trinajstić information content (AvgIpc) is 3.26. The third-order valence-electron chi connectivity index (χ3n) is 7.02. The maximum Gasteiger partial charge on any atom is 0.460 e. The van der Waals surface area contributed by atoms with Gasteiger partial charge in [-0.1, -0.05) is 81.6 Å². The van der Waals surface area contributed by atoms with Gasteiger partial charge in [0.1, 0.15) is 18.9 Å². The lowest BCUT2D eigenvalue weighted by atomic mass is 9.97. The van der Waals surface area contributed by atoms with Gasteiger partial charge >= 0.3 is 23.9 Å². The highest BCUT2D eigenvalue weighted by atomic mass is 35.5. The van der Waals surface area contributed by atoms with Gasteiger partial charge in [-0.3, -0.25) is 0 Å². The second-order valence-corrected chi connectivity index (χ2v) is 11.4. The van der Waals surface area contributed by atoms with Crippen molar-refractivity contribution in [1.29, 1.82) is 0 Å². The van der Waals surface area contributed by atoms with E-state index in [1.54, 1.807) is 6.07 Å². The molecule has 2 rings (SSSR count). The van der Waals surface area contributed by atoms with E-state index >= 15 is 0 Å². The summed E-state index contributed by atoms with van der Waals surface area (Å²) in [6.07, 6.45) is 0.492. The van der Waals surface area contributed by atoms with E-state index in [0.717, 1.165) is 50.0 Å². The molecule has 0 amide bonds. The Labute approximate surface area is 244 Å². The van der Waals surface area contributed by atoms with Crippen LogP contribution in [-0.4, -0.2) is 28.5 Å². The Kier molecular flexibility index (Phi) is 12.8. The first-order valence-corrected chi connectivity index (χ1v) is 14.4. The molecule has 0 bridgehead atoms. The second kappa shape index (κ2) is 14.7. The topological polar surface area (TPSA) is 8.81 Å². The lowest BCUT2D eigenvalue weighted by molar-refractivity contribution is -0.696. The largest absolute Gasteiger partial charge is 0.460 e. The number of alkyl halides is 9. The Hall–Kier alpha value is -1.62. The number of rotatable bonds is 17. The van der Waals surface area contributed by atoms with Crippen molar-refractivity contribution in [3.8, 4) is 0 Å². The third kappa shape index (κ3) is 8.94. The zero-order valence-electron chi connectivity index (χ0n) is 23.0. The summed E-state index contributed by atoms with van der Waals surface area (Å²) >= 11 is 12.7. The predicted molar refractivity (Wildman–Crippen MR) is 141 cm³/mol. The quantitative estimate of drug-likeness (QED) is 0.0923. The molecule has 0 N–H and O–H groups in total. The number of unbranched alkanes of at least 4 members (excludes halogenated alkanes) is 8. The number of benzene rings is 1. The van der Waals surface area contributed by atoms with Gasteiger partial charge in [0.2, 0.25) is 0 Å². The molecule has 0 saturated heterocycles. The summed E-state index contributed by atoms with van der Waals surface area (Å²) in [5.74, 6) is -17.4. The molecule has 0 saturated carbocycles. The molecule has 0 spiro atoms. The van der Waals surface area contributed by atoms with Crippen molar-refractivity contribution >= 4 is 23.2 Å². The molecule has 2 nitrogen and oxygen atoms in total. The van der Waals surface area contributed by atoms with Gasteiger partial charge in [0.05, 0.1) is 12.5 Å². The van der Waals surface area contributed by atoms with Crippen molar-refractivity contribution in [3.63, 3.8) is 0 Å². The van der Waals surface area contributed by atoms with Crippen LogP contribution in [0.5, 0.6) is 0 Å². The van der Waals surface area contributed by atoms with Crippen molar-refractivity contribution < 1.29 is 44.1 Å². The van der Waals surface area contributed by atoms with Crippen LogP contribution in [0, 0.1) is 0 Å². The summed E-state index contributed by atoms with van der Waals surface area (Å²) in [7, 11) is 0. The van der Waals surface area contributed by atoms with Gasteiger partial charge in [0, 0.05) is 22.0 Å².